The van der Waals surface area contributed by atoms with Crippen molar-refractivity contribution < 1.29 is 4.79 Å². The van der Waals surface area contributed by atoms with Crippen molar-refractivity contribution in [2.24, 2.45) is 0 Å². The molecule has 1 N–H and O–H groups in total. The number of rotatable bonds is 3. The fourth-order valence-electron chi connectivity index (χ4n) is 2.13. The lowest BCUT2D eigenvalue weighted by Gasteiger charge is -2.15. The van der Waals surface area contributed by atoms with Gasteiger partial charge in [0, 0.05) is 29.2 Å². The highest BCUT2D eigenvalue weighted by Crippen LogP contribution is 2.22. The van der Waals surface area contributed by atoms with Crippen molar-refractivity contribution in [1.29, 1.82) is 0 Å². The van der Waals surface area contributed by atoms with Crippen molar-refractivity contribution in [2.45, 2.75) is 6.42 Å². The molecule has 1 aliphatic heterocycles. The van der Waals surface area contributed by atoms with Crippen LogP contribution in [0.15, 0.2) is 41.1 Å². The Hall–Kier alpha value is -1.95. The van der Waals surface area contributed by atoms with Crippen molar-refractivity contribution >= 4 is 39.0 Å². The number of aromatic nitrogens is 2. The summed E-state index contributed by atoms with van der Waals surface area (Å²) >= 11 is 3.43. The number of nitrogens with zero attached hydrogens (tertiary/aromatic N) is 3. The summed E-state index contributed by atoms with van der Waals surface area (Å²) in [4.78, 5) is 21.7. The van der Waals surface area contributed by atoms with Crippen LogP contribution >= 0.6 is 15.9 Å². The maximum absolute atomic E-state index is 11.3. The lowest BCUT2D eigenvalue weighted by atomic mass is 10.3. The molecule has 20 heavy (non-hydrogen) atoms. The van der Waals surface area contributed by atoms with E-state index in [0.29, 0.717) is 18.8 Å². The average Bonchev–Trinajstić information content (AvgIpc) is 2.86. The Labute approximate surface area is 125 Å². The van der Waals surface area contributed by atoms with Gasteiger partial charge in [-0.05, 0) is 18.2 Å². The molecule has 0 bridgehead atoms. The zero-order chi connectivity index (χ0) is 13.9. The second-order valence-corrected chi connectivity index (χ2v) is 5.52. The molecule has 0 atom stereocenters. The minimum Gasteiger partial charge on any atom is -0.349 e. The number of carbonyl (C=O) groups excluding carboxylic acids is 1. The van der Waals surface area contributed by atoms with Gasteiger partial charge in [0.25, 0.3) is 0 Å². The second kappa shape index (κ2) is 5.58. The van der Waals surface area contributed by atoms with Gasteiger partial charge in [0.1, 0.15) is 18.0 Å². The van der Waals surface area contributed by atoms with Crippen LogP contribution in [0.5, 0.6) is 0 Å². The quantitative estimate of drug-likeness (QED) is 0.936. The number of carbonyl (C=O) groups is 1. The van der Waals surface area contributed by atoms with Gasteiger partial charge >= 0.3 is 0 Å². The van der Waals surface area contributed by atoms with E-state index in [2.05, 4.69) is 31.2 Å². The molecule has 0 unspecified atom stereocenters. The topological polar surface area (TPSA) is 58.1 Å². The van der Waals surface area contributed by atoms with Crippen LogP contribution in [-0.4, -0.2) is 28.8 Å². The molecule has 3 rings (SSSR count). The summed E-state index contributed by atoms with van der Waals surface area (Å²) in [6.07, 6.45) is 2.11. The fraction of sp³-hybridized carbons (Fsp3) is 0.214. The number of hydrogen-bond acceptors (Lipinski definition) is 5. The fourth-order valence-corrected chi connectivity index (χ4v) is 2.53. The Balaban J connectivity index is 1.79. The number of Topliss-reactive ketones (excluding diaryl/α,β-unsaturated/α-hetero) is 1. The van der Waals surface area contributed by atoms with Gasteiger partial charge in [-0.1, -0.05) is 22.0 Å². The van der Waals surface area contributed by atoms with Crippen LogP contribution in [0.4, 0.5) is 17.3 Å². The van der Waals surface area contributed by atoms with E-state index in [-0.39, 0.29) is 5.78 Å². The molecule has 0 spiro atoms. The Morgan fingerprint density at radius 3 is 2.90 bits per heavy atom. The number of ketones is 1. The van der Waals surface area contributed by atoms with Crippen molar-refractivity contribution in [3.8, 4) is 0 Å². The summed E-state index contributed by atoms with van der Waals surface area (Å²) in [5.41, 5.74) is 0.946. The SMILES string of the molecule is O=C1CCN(c2cc(Nc3cccc(Br)c3)ncn2)C1. The standard InChI is InChI=1S/C14H13BrN4O/c15-10-2-1-3-11(6-10)18-13-7-14(17-9-16-13)19-5-4-12(20)8-19/h1-3,6-7,9H,4-5,8H2,(H,16,17,18). The summed E-state index contributed by atoms with van der Waals surface area (Å²) in [7, 11) is 0. The zero-order valence-electron chi connectivity index (χ0n) is 10.7. The smallest absolute Gasteiger partial charge is 0.153 e. The number of hydrogen-bond donors (Lipinski definition) is 1. The number of halogens is 1. The molecule has 102 valence electrons. The largest absolute Gasteiger partial charge is 0.349 e. The van der Waals surface area contributed by atoms with Crippen molar-refractivity contribution in [2.75, 3.05) is 23.3 Å². The number of anilines is 3. The molecule has 1 aliphatic rings. The van der Waals surface area contributed by atoms with Crippen molar-refractivity contribution in [3.05, 3.63) is 41.1 Å². The van der Waals surface area contributed by atoms with Gasteiger partial charge in [0.05, 0.1) is 6.54 Å². The van der Waals surface area contributed by atoms with E-state index in [0.717, 1.165) is 22.5 Å². The Morgan fingerprint density at radius 1 is 1.25 bits per heavy atom. The predicted octanol–water partition coefficient (Wildman–Crippen LogP) is 2.76. The Kier molecular flexibility index (Phi) is 3.64. The first-order valence-electron chi connectivity index (χ1n) is 6.32. The van der Waals surface area contributed by atoms with Crippen LogP contribution < -0.4 is 10.2 Å². The van der Waals surface area contributed by atoms with E-state index >= 15 is 0 Å². The molecule has 2 aromatic rings. The highest BCUT2D eigenvalue weighted by molar-refractivity contribution is 9.10. The zero-order valence-corrected chi connectivity index (χ0v) is 12.3. The minimum absolute atomic E-state index is 0.255. The maximum atomic E-state index is 11.3. The van der Waals surface area contributed by atoms with Gasteiger partial charge in [-0.15, -0.1) is 0 Å². The molecule has 0 amide bonds. The van der Waals surface area contributed by atoms with Crippen molar-refractivity contribution in [3.63, 3.8) is 0 Å². The van der Waals surface area contributed by atoms with Gasteiger partial charge in [-0.2, -0.15) is 0 Å². The normalized spacial score (nSPS) is 14.7. The Bertz CT molecular complexity index is 647. The van der Waals surface area contributed by atoms with E-state index in [4.69, 9.17) is 0 Å². The average molecular weight is 333 g/mol. The maximum Gasteiger partial charge on any atom is 0.153 e. The van der Waals surface area contributed by atoms with E-state index in [1.807, 2.05) is 35.2 Å². The first-order valence-corrected chi connectivity index (χ1v) is 7.11. The molecular weight excluding hydrogens is 320 g/mol. The molecule has 1 aromatic carbocycles. The van der Waals surface area contributed by atoms with Crippen LogP contribution in [0.3, 0.4) is 0 Å². The number of benzene rings is 1. The van der Waals surface area contributed by atoms with Gasteiger partial charge in [0.15, 0.2) is 5.78 Å². The lowest BCUT2D eigenvalue weighted by Crippen LogP contribution is -2.20. The third-order valence-corrected chi connectivity index (χ3v) is 3.59. The predicted molar refractivity (Wildman–Crippen MR) is 81.3 cm³/mol. The lowest BCUT2D eigenvalue weighted by molar-refractivity contribution is -0.116. The highest BCUT2D eigenvalue weighted by atomic mass is 79.9. The molecule has 1 aromatic heterocycles. The summed E-state index contributed by atoms with van der Waals surface area (Å²) < 4.78 is 1.00. The van der Waals surface area contributed by atoms with Crippen LogP contribution in [-0.2, 0) is 4.79 Å². The molecule has 0 saturated carbocycles. The number of nitrogens with one attached hydrogen (secondary N) is 1. The molecule has 1 fully saturated rings. The van der Waals surface area contributed by atoms with Crippen molar-refractivity contribution in [1.82, 2.24) is 9.97 Å². The minimum atomic E-state index is 0.255. The summed E-state index contributed by atoms with van der Waals surface area (Å²) in [6.45, 7) is 1.17. The second-order valence-electron chi connectivity index (χ2n) is 4.61. The first kappa shape index (κ1) is 13.1. The van der Waals surface area contributed by atoms with Gasteiger partial charge in [0.2, 0.25) is 0 Å². The van der Waals surface area contributed by atoms with E-state index in [9.17, 15) is 4.79 Å². The first-order chi connectivity index (χ1) is 9.70. The molecule has 5 nitrogen and oxygen atoms in total. The van der Waals surface area contributed by atoms with Crippen LogP contribution in [0.25, 0.3) is 0 Å². The van der Waals surface area contributed by atoms with Crippen LogP contribution in [0.1, 0.15) is 6.42 Å². The third-order valence-electron chi connectivity index (χ3n) is 3.10. The monoisotopic (exact) mass is 332 g/mol. The van der Waals surface area contributed by atoms with E-state index in [1.165, 1.54) is 6.33 Å². The molecule has 0 radical (unpaired) electrons. The summed E-state index contributed by atoms with van der Waals surface area (Å²) in [6, 6.07) is 9.71. The molecule has 6 heteroatoms. The van der Waals surface area contributed by atoms with Crippen LogP contribution in [0, 0.1) is 0 Å². The van der Waals surface area contributed by atoms with Crippen LogP contribution in [0.2, 0.25) is 0 Å². The third kappa shape index (κ3) is 2.96. The van der Waals surface area contributed by atoms with E-state index < -0.39 is 0 Å². The Morgan fingerprint density at radius 2 is 2.15 bits per heavy atom. The molecule has 1 saturated heterocycles. The molecular formula is C14H13BrN4O. The summed E-state index contributed by atoms with van der Waals surface area (Å²) in [5, 5.41) is 3.23. The highest BCUT2D eigenvalue weighted by Gasteiger charge is 2.20. The molecule has 0 aliphatic carbocycles. The summed E-state index contributed by atoms with van der Waals surface area (Å²) in [5.74, 6) is 1.75. The van der Waals surface area contributed by atoms with Gasteiger partial charge in [-0.3, -0.25) is 4.79 Å². The van der Waals surface area contributed by atoms with E-state index in [1.54, 1.807) is 0 Å². The van der Waals surface area contributed by atoms with Gasteiger partial charge < -0.3 is 10.2 Å². The van der Waals surface area contributed by atoms with Gasteiger partial charge in [-0.25, -0.2) is 9.97 Å². The molecule has 2 heterocycles.